The number of urea groups is 1. The van der Waals surface area contributed by atoms with E-state index in [9.17, 15) is 18.0 Å². The Hall–Kier alpha value is -3.45. The highest BCUT2D eigenvalue weighted by atomic mass is 32.2. The number of Topliss-reactive ketones (excluding diaryl/α,β-unsaturated/α-hetero) is 1. The minimum absolute atomic E-state index is 0.0210. The van der Waals surface area contributed by atoms with Crippen LogP contribution in [-0.2, 0) is 26.8 Å². The van der Waals surface area contributed by atoms with Gasteiger partial charge in [-0.1, -0.05) is 100 Å². The number of amides is 2. The minimum atomic E-state index is -3.48. The van der Waals surface area contributed by atoms with Gasteiger partial charge in [-0.3, -0.25) is 4.79 Å². The molecule has 40 heavy (non-hydrogen) atoms. The van der Waals surface area contributed by atoms with Crippen LogP contribution < -0.4 is 10.6 Å². The maximum absolute atomic E-state index is 13.3. The summed E-state index contributed by atoms with van der Waals surface area (Å²) in [6, 6.07) is 22.1. The number of anilines is 1. The Bertz CT molecular complexity index is 1340. The quantitative estimate of drug-likeness (QED) is 0.219. The molecule has 0 spiro atoms. The number of rotatable bonds is 14. The first-order chi connectivity index (χ1) is 19.0. The van der Waals surface area contributed by atoms with Crippen LogP contribution in [0.5, 0.6) is 0 Å². The molecular formula is C33H42N2O4S. The lowest BCUT2D eigenvalue weighted by molar-refractivity contribution is -0.121. The predicted molar refractivity (Wildman–Crippen MR) is 162 cm³/mol. The average Bonchev–Trinajstić information content (AvgIpc) is 2.90. The van der Waals surface area contributed by atoms with E-state index < -0.39 is 21.9 Å². The molecule has 2 amide bonds. The molecule has 0 bridgehead atoms. The molecule has 3 aromatic rings. The largest absolute Gasteiger partial charge is 0.328 e. The second-order valence-electron chi connectivity index (χ2n) is 11.2. The standard InChI is InChI=1S/C33H42N2O4S/c1-24(2)9-8-10-26(4)21-32(36)31(22-27-11-6-5-7-12-27)35-33(37)34-29-17-15-28(16-18-29)23-40(38,39)30-19-13-25(3)14-20-30/h5-7,11-20,24,26,31H,8-10,21-23H2,1-4H3,(H2,34,35,37)/t26?,31-/m1/s1. The lowest BCUT2D eigenvalue weighted by atomic mass is 9.91. The number of aryl methyl sites for hydroxylation is 1. The van der Waals surface area contributed by atoms with Crippen molar-refractivity contribution in [3.63, 3.8) is 0 Å². The molecule has 0 saturated heterocycles. The summed E-state index contributed by atoms with van der Waals surface area (Å²) in [7, 11) is -3.48. The van der Waals surface area contributed by atoms with Crippen molar-refractivity contribution in [1.82, 2.24) is 5.32 Å². The van der Waals surface area contributed by atoms with E-state index in [1.807, 2.05) is 37.3 Å². The van der Waals surface area contributed by atoms with Crippen molar-refractivity contribution in [1.29, 1.82) is 0 Å². The first-order valence-corrected chi connectivity index (χ1v) is 15.7. The Morgan fingerprint density at radius 1 is 0.800 bits per heavy atom. The molecule has 0 fully saturated rings. The average molecular weight is 563 g/mol. The number of ketones is 1. The lowest BCUT2D eigenvalue weighted by Crippen LogP contribution is -2.44. The Kier molecular flexibility index (Phi) is 11.5. The molecule has 1 unspecified atom stereocenters. The van der Waals surface area contributed by atoms with Crippen LogP contribution in [0.4, 0.5) is 10.5 Å². The van der Waals surface area contributed by atoms with Gasteiger partial charge in [-0.15, -0.1) is 0 Å². The highest BCUT2D eigenvalue weighted by Crippen LogP contribution is 2.20. The van der Waals surface area contributed by atoms with E-state index >= 15 is 0 Å². The van der Waals surface area contributed by atoms with Crippen molar-refractivity contribution < 1.29 is 18.0 Å². The molecule has 0 aliphatic carbocycles. The predicted octanol–water partition coefficient (Wildman–Crippen LogP) is 7.12. The van der Waals surface area contributed by atoms with E-state index in [1.54, 1.807) is 48.5 Å². The summed E-state index contributed by atoms with van der Waals surface area (Å²) < 4.78 is 25.5. The fraction of sp³-hybridized carbons (Fsp3) is 0.394. The van der Waals surface area contributed by atoms with Gasteiger partial charge in [0.15, 0.2) is 15.6 Å². The van der Waals surface area contributed by atoms with Crippen molar-refractivity contribution in [3.8, 4) is 0 Å². The first kappa shape index (κ1) is 31.1. The van der Waals surface area contributed by atoms with Gasteiger partial charge in [0, 0.05) is 12.1 Å². The summed E-state index contributed by atoms with van der Waals surface area (Å²) in [4.78, 5) is 26.4. The second kappa shape index (κ2) is 14.8. The normalized spacial score (nSPS) is 13.0. The van der Waals surface area contributed by atoms with Crippen molar-refractivity contribution in [2.45, 2.75) is 76.5 Å². The van der Waals surface area contributed by atoms with Gasteiger partial charge < -0.3 is 10.6 Å². The fourth-order valence-corrected chi connectivity index (χ4v) is 5.96. The Morgan fingerprint density at radius 2 is 1.45 bits per heavy atom. The Labute approximate surface area is 239 Å². The molecule has 214 valence electrons. The first-order valence-electron chi connectivity index (χ1n) is 14.0. The molecule has 0 heterocycles. The van der Waals surface area contributed by atoms with Crippen LogP contribution in [0.15, 0.2) is 83.8 Å². The topological polar surface area (TPSA) is 92.3 Å². The molecule has 0 saturated carbocycles. The molecule has 0 radical (unpaired) electrons. The van der Waals surface area contributed by atoms with Gasteiger partial charge in [-0.25, -0.2) is 13.2 Å². The monoisotopic (exact) mass is 562 g/mol. The van der Waals surface area contributed by atoms with Gasteiger partial charge in [-0.05, 0) is 60.6 Å². The summed E-state index contributed by atoms with van der Waals surface area (Å²) in [6.07, 6.45) is 4.05. The highest BCUT2D eigenvalue weighted by molar-refractivity contribution is 7.90. The molecule has 2 N–H and O–H groups in total. The number of hydrogen-bond acceptors (Lipinski definition) is 4. The smallest absolute Gasteiger partial charge is 0.319 e. The number of carbonyl (C=O) groups excluding carboxylic acids is 2. The summed E-state index contributed by atoms with van der Waals surface area (Å²) in [5, 5.41) is 5.67. The number of sulfone groups is 1. The van der Waals surface area contributed by atoms with Crippen molar-refractivity contribution in [2.75, 3.05) is 5.32 Å². The second-order valence-corrected chi connectivity index (χ2v) is 13.2. The van der Waals surface area contributed by atoms with Crippen molar-refractivity contribution in [3.05, 3.63) is 95.6 Å². The SMILES string of the molecule is Cc1ccc(S(=O)(=O)Cc2ccc(NC(=O)N[C@H](Cc3ccccc3)C(=O)CC(C)CCCC(C)C)cc2)cc1. The zero-order valence-electron chi connectivity index (χ0n) is 24.0. The Balaban J connectivity index is 1.61. The van der Waals surface area contributed by atoms with E-state index in [4.69, 9.17) is 0 Å². The van der Waals surface area contributed by atoms with Crippen LogP contribution in [-0.4, -0.2) is 26.3 Å². The van der Waals surface area contributed by atoms with Gasteiger partial charge in [0.25, 0.3) is 0 Å². The molecule has 0 aliphatic heterocycles. The highest BCUT2D eigenvalue weighted by Gasteiger charge is 2.23. The third-order valence-electron chi connectivity index (χ3n) is 6.95. The zero-order valence-corrected chi connectivity index (χ0v) is 24.8. The van der Waals surface area contributed by atoms with Crippen molar-refractivity contribution in [2.24, 2.45) is 11.8 Å². The summed E-state index contributed by atoms with van der Waals surface area (Å²) in [6.45, 7) is 8.41. The summed E-state index contributed by atoms with van der Waals surface area (Å²) in [5.74, 6) is 0.780. The number of nitrogens with one attached hydrogen (secondary N) is 2. The third kappa shape index (κ3) is 10.3. The fourth-order valence-electron chi connectivity index (χ4n) is 4.62. The van der Waals surface area contributed by atoms with Gasteiger partial charge in [0.1, 0.15) is 0 Å². The van der Waals surface area contributed by atoms with Crippen LogP contribution in [0, 0.1) is 18.8 Å². The molecule has 3 rings (SSSR count). The van der Waals surface area contributed by atoms with Gasteiger partial charge in [-0.2, -0.15) is 0 Å². The maximum atomic E-state index is 13.3. The van der Waals surface area contributed by atoms with Crippen LogP contribution in [0.2, 0.25) is 0 Å². The van der Waals surface area contributed by atoms with E-state index in [1.165, 1.54) is 0 Å². The molecular weight excluding hydrogens is 520 g/mol. The van der Waals surface area contributed by atoms with Crippen LogP contribution in [0.25, 0.3) is 0 Å². The van der Waals surface area contributed by atoms with E-state index in [0.29, 0.717) is 30.0 Å². The molecule has 6 nitrogen and oxygen atoms in total. The molecule has 0 aromatic heterocycles. The number of hydrogen-bond donors (Lipinski definition) is 2. The van der Waals surface area contributed by atoms with Gasteiger partial charge in [0.05, 0.1) is 16.7 Å². The van der Waals surface area contributed by atoms with E-state index in [-0.39, 0.29) is 22.3 Å². The van der Waals surface area contributed by atoms with Crippen LogP contribution >= 0.6 is 0 Å². The zero-order chi connectivity index (χ0) is 29.1. The molecule has 3 aromatic carbocycles. The van der Waals surface area contributed by atoms with Crippen LogP contribution in [0.3, 0.4) is 0 Å². The van der Waals surface area contributed by atoms with Crippen molar-refractivity contribution >= 4 is 27.3 Å². The van der Waals surface area contributed by atoms with E-state index in [0.717, 1.165) is 30.4 Å². The molecule has 7 heteroatoms. The Morgan fingerprint density at radius 3 is 2.08 bits per heavy atom. The van der Waals surface area contributed by atoms with Gasteiger partial charge in [0.2, 0.25) is 0 Å². The third-order valence-corrected chi connectivity index (χ3v) is 8.66. The summed E-state index contributed by atoms with van der Waals surface area (Å²) in [5.41, 5.74) is 3.11. The number of carbonyl (C=O) groups is 2. The van der Waals surface area contributed by atoms with Crippen LogP contribution in [0.1, 0.15) is 63.1 Å². The maximum Gasteiger partial charge on any atom is 0.319 e. The minimum Gasteiger partial charge on any atom is -0.328 e. The summed E-state index contributed by atoms with van der Waals surface area (Å²) >= 11 is 0. The number of benzene rings is 3. The molecule has 0 aliphatic rings. The van der Waals surface area contributed by atoms with E-state index in [2.05, 4.69) is 31.4 Å². The van der Waals surface area contributed by atoms with Gasteiger partial charge >= 0.3 is 6.03 Å². The molecule has 2 atom stereocenters. The lowest BCUT2D eigenvalue weighted by Gasteiger charge is -2.20.